The number of anilines is 1. The zero-order valence-corrected chi connectivity index (χ0v) is 13.5. The number of ether oxygens (including phenoxy) is 1. The minimum atomic E-state index is -0.208. The average molecular weight is 309 g/mol. The Balaban J connectivity index is 1.47. The van der Waals surface area contributed by atoms with Crippen molar-refractivity contribution in [3.63, 3.8) is 0 Å². The average Bonchev–Trinajstić information content (AvgIpc) is 2.59. The van der Waals surface area contributed by atoms with Crippen molar-refractivity contribution in [3.8, 4) is 0 Å². The number of rotatable bonds is 4. The smallest absolute Gasteiger partial charge is 0.338 e. The zero-order valence-electron chi connectivity index (χ0n) is 13.5. The summed E-state index contributed by atoms with van der Waals surface area (Å²) in [5.74, 6) is -0.208. The van der Waals surface area contributed by atoms with Crippen molar-refractivity contribution in [1.82, 2.24) is 0 Å². The Morgan fingerprint density at radius 2 is 1.61 bits per heavy atom. The van der Waals surface area contributed by atoms with Gasteiger partial charge in [0.05, 0.1) is 5.56 Å². The highest BCUT2D eigenvalue weighted by atomic mass is 16.5. The summed E-state index contributed by atoms with van der Waals surface area (Å²) in [4.78, 5) is 12.1. The van der Waals surface area contributed by atoms with Crippen molar-refractivity contribution >= 4 is 11.7 Å². The Morgan fingerprint density at radius 1 is 0.957 bits per heavy atom. The van der Waals surface area contributed by atoms with Gasteiger partial charge in [0.15, 0.2) is 0 Å². The van der Waals surface area contributed by atoms with E-state index >= 15 is 0 Å². The molecule has 2 aromatic carbocycles. The van der Waals surface area contributed by atoms with Gasteiger partial charge in [-0.25, -0.2) is 4.79 Å². The molecule has 1 fully saturated rings. The van der Waals surface area contributed by atoms with Crippen LogP contribution in [0.4, 0.5) is 5.69 Å². The molecule has 1 N–H and O–H groups in total. The number of hydrogen-bond donors (Lipinski definition) is 1. The van der Waals surface area contributed by atoms with Gasteiger partial charge in [-0.2, -0.15) is 0 Å². The van der Waals surface area contributed by atoms with E-state index in [1.807, 2.05) is 18.2 Å². The molecule has 0 heterocycles. The molecule has 1 saturated carbocycles. The van der Waals surface area contributed by atoms with Gasteiger partial charge < -0.3 is 10.1 Å². The summed E-state index contributed by atoms with van der Waals surface area (Å²) in [6.07, 6.45) is 3.93. The summed E-state index contributed by atoms with van der Waals surface area (Å²) in [5.41, 5.74) is 3.07. The summed E-state index contributed by atoms with van der Waals surface area (Å²) in [6.45, 7) is 2.09. The number of aryl methyl sites for hydroxylation is 1. The maximum absolute atomic E-state index is 12.1. The van der Waals surface area contributed by atoms with Crippen molar-refractivity contribution in [3.05, 3.63) is 65.7 Å². The van der Waals surface area contributed by atoms with Gasteiger partial charge in [-0.1, -0.05) is 35.9 Å². The molecule has 2 aromatic rings. The van der Waals surface area contributed by atoms with Crippen LogP contribution in [0.5, 0.6) is 0 Å². The Morgan fingerprint density at radius 3 is 2.26 bits per heavy atom. The number of hydrogen-bond acceptors (Lipinski definition) is 3. The molecule has 3 rings (SSSR count). The Kier molecular flexibility index (Phi) is 4.96. The number of nitrogens with one attached hydrogen (secondary N) is 1. The maximum atomic E-state index is 12.1. The second-order valence-corrected chi connectivity index (χ2v) is 6.26. The van der Waals surface area contributed by atoms with E-state index in [-0.39, 0.29) is 12.1 Å². The summed E-state index contributed by atoms with van der Waals surface area (Å²) >= 11 is 0. The van der Waals surface area contributed by atoms with Crippen LogP contribution in [0.3, 0.4) is 0 Å². The Bertz CT molecular complexity index is 628. The molecular weight excluding hydrogens is 286 g/mol. The normalized spacial score (nSPS) is 20.7. The van der Waals surface area contributed by atoms with Crippen molar-refractivity contribution in [2.75, 3.05) is 5.32 Å². The minimum Gasteiger partial charge on any atom is -0.459 e. The topological polar surface area (TPSA) is 38.3 Å². The summed E-state index contributed by atoms with van der Waals surface area (Å²) in [5, 5.41) is 3.57. The third-order valence-corrected chi connectivity index (χ3v) is 4.38. The van der Waals surface area contributed by atoms with E-state index in [1.165, 1.54) is 11.3 Å². The highest BCUT2D eigenvalue weighted by Crippen LogP contribution is 2.25. The molecule has 1 aliphatic rings. The lowest BCUT2D eigenvalue weighted by molar-refractivity contribution is 0.0202. The first-order valence-electron chi connectivity index (χ1n) is 8.30. The molecule has 0 atom stereocenters. The van der Waals surface area contributed by atoms with E-state index in [4.69, 9.17) is 4.74 Å². The molecule has 3 heteroatoms. The highest BCUT2D eigenvalue weighted by molar-refractivity contribution is 5.89. The number of carbonyl (C=O) groups excluding carboxylic acids is 1. The second-order valence-electron chi connectivity index (χ2n) is 6.26. The first-order valence-corrected chi connectivity index (χ1v) is 8.30. The maximum Gasteiger partial charge on any atom is 0.338 e. The van der Waals surface area contributed by atoms with E-state index in [1.54, 1.807) is 12.1 Å². The van der Waals surface area contributed by atoms with Crippen molar-refractivity contribution < 1.29 is 9.53 Å². The molecule has 0 amide bonds. The molecular formula is C20H23NO2. The number of carbonyl (C=O) groups is 1. The lowest BCUT2D eigenvalue weighted by Crippen LogP contribution is -2.31. The van der Waals surface area contributed by atoms with E-state index in [2.05, 4.69) is 36.5 Å². The highest BCUT2D eigenvalue weighted by Gasteiger charge is 2.24. The molecule has 0 aliphatic heterocycles. The third kappa shape index (κ3) is 4.35. The van der Waals surface area contributed by atoms with Crippen LogP contribution < -0.4 is 5.32 Å². The van der Waals surface area contributed by atoms with Crippen LogP contribution in [0.15, 0.2) is 54.6 Å². The summed E-state index contributed by atoms with van der Waals surface area (Å²) in [6, 6.07) is 18.2. The van der Waals surface area contributed by atoms with Crippen LogP contribution in [-0.4, -0.2) is 18.1 Å². The fourth-order valence-corrected chi connectivity index (χ4v) is 3.00. The summed E-state index contributed by atoms with van der Waals surface area (Å²) < 4.78 is 5.62. The number of esters is 1. The molecule has 0 unspecified atom stereocenters. The molecule has 0 spiro atoms. The molecule has 0 aromatic heterocycles. The predicted octanol–water partition coefficient (Wildman–Crippen LogP) is 4.58. The van der Waals surface area contributed by atoms with Crippen molar-refractivity contribution in [1.29, 1.82) is 0 Å². The van der Waals surface area contributed by atoms with E-state index < -0.39 is 0 Å². The third-order valence-electron chi connectivity index (χ3n) is 4.38. The van der Waals surface area contributed by atoms with Gasteiger partial charge in [-0.15, -0.1) is 0 Å². The fourth-order valence-electron chi connectivity index (χ4n) is 3.00. The van der Waals surface area contributed by atoms with Crippen molar-refractivity contribution in [2.45, 2.75) is 44.8 Å². The second kappa shape index (κ2) is 7.32. The van der Waals surface area contributed by atoms with E-state index in [0.717, 1.165) is 25.7 Å². The largest absolute Gasteiger partial charge is 0.459 e. The van der Waals surface area contributed by atoms with Crippen LogP contribution in [0.2, 0.25) is 0 Å². The van der Waals surface area contributed by atoms with Crippen molar-refractivity contribution in [2.24, 2.45) is 0 Å². The molecule has 0 radical (unpaired) electrons. The monoisotopic (exact) mass is 309 g/mol. The van der Waals surface area contributed by atoms with Gasteiger partial charge in [0.2, 0.25) is 0 Å². The van der Waals surface area contributed by atoms with Crippen LogP contribution in [0, 0.1) is 6.92 Å². The van der Waals surface area contributed by atoms with Gasteiger partial charge in [-0.3, -0.25) is 0 Å². The Hall–Kier alpha value is -2.29. The van der Waals surface area contributed by atoms with Gasteiger partial charge >= 0.3 is 5.97 Å². The molecule has 0 saturated heterocycles. The lowest BCUT2D eigenvalue weighted by atomic mass is 9.92. The molecule has 23 heavy (non-hydrogen) atoms. The fraction of sp³-hybridized carbons (Fsp3) is 0.350. The van der Waals surface area contributed by atoms with Crippen LogP contribution in [0.1, 0.15) is 41.6 Å². The Labute approximate surface area is 137 Å². The molecule has 120 valence electrons. The van der Waals surface area contributed by atoms with Gasteiger partial charge in [0.1, 0.15) is 6.10 Å². The van der Waals surface area contributed by atoms with Crippen LogP contribution >= 0.6 is 0 Å². The molecule has 1 aliphatic carbocycles. The molecule has 0 bridgehead atoms. The van der Waals surface area contributed by atoms with Gasteiger partial charge in [0, 0.05) is 11.7 Å². The minimum absolute atomic E-state index is 0.0405. The SMILES string of the molecule is Cc1ccc(NC2CCC(OC(=O)c3ccccc3)CC2)cc1. The van der Waals surface area contributed by atoms with E-state index in [0.29, 0.717) is 11.6 Å². The predicted molar refractivity (Wildman–Crippen MR) is 92.7 cm³/mol. The van der Waals surface area contributed by atoms with Crippen LogP contribution in [0.25, 0.3) is 0 Å². The standard InChI is InChI=1S/C20H23NO2/c1-15-7-9-17(10-8-15)21-18-11-13-19(14-12-18)23-20(22)16-5-3-2-4-6-16/h2-10,18-19,21H,11-14H2,1H3. The zero-order chi connectivity index (χ0) is 16.1. The first kappa shape index (κ1) is 15.6. The number of benzene rings is 2. The molecule has 3 nitrogen and oxygen atoms in total. The van der Waals surface area contributed by atoms with E-state index in [9.17, 15) is 4.79 Å². The lowest BCUT2D eigenvalue weighted by Gasteiger charge is -2.29. The summed E-state index contributed by atoms with van der Waals surface area (Å²) in [7, 11) is 0. The first-order chi connectivity index (χ1) is 11.2. The van der Waals surface area contributed by atoms with Gasteiger partial charge in [0.25, 0.3) is 0 Å². The van der Waals surface area contributed by atoms with Crippen LogP contribution in [-0.2, 0) is 4.74 Å². The van der Waals surface area contributed by atoms with Gasteiger partial charge in [-0.05, 0) is 56.9 Å². The quantitative estimate of drug-likeness (QED) is 0.840.